The smallest absolute Gasteiger partial charge is 0.347 e. The van der Waals surface area contributed by atoms with Crippen molar-refractivity contribution in [2.24, 2.45) is 0 Å². The molecule has 1 aliphatic heterocycles. The van der Waals surface area contributed by atoms with Gasteiger partial charge in [0.05, 0.1) is 29.1 Å². The van der Waals surface area contributed by atoms with E-state index >= 15 is 0 Å². The van der Waals surface area contributed by atoms with E-state index in [1.54, 1.807) is 31.2 Å². The number of carbonyl (C=O) groups excluding carboxylic acids is 2. The van der Waals surface area contributed by atoms with Gasteiger partial charge < -0.3 is 5.11 Å². The molecule has 9 heteroatoms. The van der Waals surface area contributed by atoms with Gasteiger partial charge >= 0.3 is 5.97 Å². The van der Waals surface area contributed by atoms with Crippen molar-refractivity contribution in [3.05, 3.63) is 64.6 Å². The average molecular weight is 380 g/mol. The van der Waals surface area contributed by atoms with Crippen LogP contribution < -0.4 is 0 Å². The number of hydrogen-bond acceptors (Lipinski definition) is 7. The number of amides is 2. The molecule has 1 aromatic carbocycles. The van der Waals surface area contributed by atoms with E-state index in [-0.39, 0.29) is 4.88 Å². The quantitative estimate of drug-likeness (QED) is 0.692. The first-order chi connectivity index (χ1) is 13.0. The summed E-state index contributed by atoms with van der Waals surface area (Å²) in [6.45, 7) is 1.68. The Morgan fingerprint density at radius 1 is 1.07 bits per heavy atom. The molecule has 8 nitrogen and oxygen atoms in total. The highest BCUT2D eigenvalue weighted by Crippen LogP contribution is 2.35. The second-order valence-electron chi connectivity index (χ2n) is 5.83. The minimum atomic E-state index is -1.09. The maximum atomic E-state index is 12.7. The molecule has 1 unspecified atom stereocenters. The highest BCUT2D eigenvalue weighted by Gasteiger charge is 2.40. The van der Waals surface area contributed by atoms with Gasteiger partial charge in [0.2, 0.25) is 0 Å². The van der Waals surface area contributed by atoms with E-state index in [4.69, 9.17) is 5.11 Å². The number of rotatable bonds is 4. The van der Waals surface area contributed by atoms with E-state index in [0.717, 1.165) is 16.2 Å². The minimum Gasteiger partial charge on any atom is -0.477 e. The summed E-state index contributed by atoms with van der Waals surface area (Å²) in [7, 11) is 0. The molecule has 1 aliphatic rings. The van der Waals surface area contributed by atoms with Gasteiger partial charge in [0, 0.05) is 12.4 Å². The van der Waals surface area contributed by atoms with Crippen molar-refractivity contribution >= 4 is 29.1 Å². The Morgan fingerprint density at radius 2 is 1.70 bits per heavy atom. The third kappa shape index (κ3) is 2.68. The molecule has 2 amide bonds. The number of aromatic carboxylic acids is 1. The largest absolute Gasteiger partial charge is 0.477 e. The lowest BCUT2D eigenvalue weighted by Gasteiger charge is -2.23. The van der Waals surface area contributed by atoms with Gasteiger partial charge in [0.25, 0.3) is 11.8 Å². The third-order valence-electron chi connectivity index (χ3n) is 4.25. The van der Waals surface area contributed by atoms with Crippen molar-refractivity contribution in [3.8, 4) is 10.7 Å². The maximum Gasteiger partial charge on any atom is 0.347 e. The van der Waals surface area contributed by atoms with E-state index in [2.05, 4.69) is 15.0 Å². The Bertz CT molecular complexity index is 1060. The number of fused-ring (bicyclic) bond motifs is 1. The second-order valence-corrected chi connectivity index (χ2v) is 6.86. The first-order valence-corrected chi connectivity index (χ1v) is 8.78. The van der Waals surface area contributed by atoms with Crippen LogP contribution in [0.25, 0.3) is 10.7 Å². The van der Waals surface area contributed by atoms with Crippen LogP contribution in [0, 0.1) is 0 Å². The predicted octanol–water partition coefficient (Wildman–Crippen LogP) is 2.66. The van der Waals surface area contributed by atoms with Gasteiger partial charge in [-0.25, -0.2) is 9.78 Å². The van der Waals surface area contributed by atoms with Gasteiger partial charge in [-0.05, 0) is 19.1 Å². The van der Waals surface area contributed by atoms with Crippen LogP contribution in [0.4, 0.5) is 0 Å². The molecule has 1 atom stereocenters. The van der Waals surface area contributed by atoms with Gasteiger partial charge in [-0.15, -0.1) is 11.3 Å². The van der Waals surface area contributed by atoms with Gasteiger partial charge in [-0.1, -0.05) is 12.1 Å². The molecular weight excluding hydrogens is 368 g/mol. The van der Waals surface area contributed by atoms with Gasteiger partial charge in [-0.3, -0.25) is 24.5 Å². The Balaban J connectivity index is 1.75. The summed E-state index contributed by atoms with van der Waals surface area (Å²) >= 11 is 0.956. The first kappa shape index (κ1) is 17.0. The molecule has 134 valence electrons. The summed E-state index contributed by atoms with van der Waals surface area (Å²) in [4.78, 5) is 50.4. The number of nitrogens with zero attached hydrogens (tertiary/aromatic N) is 4. The number of hydrogen-bond donors (Lipinski definition) is 1. The summed E-state index contributed by atoms with van der Waals surface area (Å²) in [6, 6.07) is 5.93. The number of benzene rings is 1. The molecular formula is C18H12N4O4S. The number of carboxylic acid groups (broad SMARTS) is 1. The van der Waals surface area contributed by atoms with Gasteiger partial charge in [0.15, 0.2) is 0 Å². The zero-order valence-electron chi connectivity index (χ0n) is 14.0. The highest BCUT2D eigenvalue weighted by atomic mass is 32.1. The normalized spacial score (nSPS) is 14.3. The molecule has 3 heterocycles. The van der Waals surface area contributed by atoms with E-state index in [9.17, 15) is 14.4 Å². The fourth-order valence-corrected chi connectivity index (χ4v) is 3.74. The molecule has 3 aromatic rings. The van der Waals surface area contributed by atoms with E-state index in [1.165, 1.54) is 18.6 Å². The molecule has 0 radical (unpaired) electrons. The Hall–Kier alpha value is -3.46. The summed E-state index contributed by atoms with van der Waals surface area (Å²) < 4.78 is 0. The average Bonchev–Trinajstić information content (AvgIpc) is 3.26. The standard InChI is InChI=1S/C18H12N4O4S/c1-9(22-16(23)10-4-2-3-5-11(10)17(22)24)13-14(20-7-6-19-13)15-21-8-12(27-15)18(25)26/h2-9H,1H3,(H,25,26). The van der Waals surface area contributed by atoms with Crippen LogP contribution in [-0.2, 0) is 0 Å². The van der Waals surface area contributed by atoms with Crippen molar-refractivity contribution in [2.75, 3.05) is 0 Å². The predicted molar refractivity (Wildman–Crippen MR) is 95.5 cm³/mol. The van der Waals surface area contributed by atoms with Crippen LogP contribution >= 0.6 is 11.3 Å². The van der Waals surface area contributed by atoms with E-state index in [0.29, 0.717) is 27.5 Å². The lowest BCUT2D eigenvalue weighted by Crippen LogP contribution is -2.33. The number of aromatic nitrogens is 3. The summed E-state index contributed by atoms with van der Waals surface area (Å²) in [5, 5.41) is 9.46. The molecule has 0 fully saturated rings. The maximum absolute atomic E-state index is 12.7. The lowest BCUT2D eigenvalue weighted by atomic mass is 10.1. The summed E-state index contributed by atoms with van der Waals surface area (Å²) in [5.74, 6) is -1.88. The van der Waals surface area contributed by atoms with Crippen molar-refractivity contribution in [1.29, 1.82) is 0 Å². The number of carbonyl (C=O) groups is 3. The molecule has 0 spiro atoms. The Kier molecular flexibility index (Phi) is 4.00. The molecule has 1 N–H and O–H groups in total. The molecule has 0 aliphatic carbocycles. The molecule has 0 bridgehead atoms. The molecule has 4 rings (SSSR count). The number of thiazole rings is 1. The molecule has 0 saturated heterocycles. The van der Waals surface area contributed by atoms with Crippen molar-refractivity contribution in [3.63, 3.8) is 0 Å². The molecule has 2 aromatic heterocycles. The zero-order chi connectivity index (χ0) is 19.1. The zero-order valence-corrected chi connectivity index (χ0v) is 14.8. The number of carboxylic acids is 1. The van der Waals surface area contributed by atoms with Crippen molar-refractivity contribution in [1.82, 2.24) is 19.9 Å². The minimum absolute atomic E-state index is 0.0648. The fourth-order valence-electron chi connectivity index (χ4n) is 2.98. The molecule has 0 saturated carbocycles. The monoisotopic (exact) mass is 380 g/mol. The highest BCUT2D eigenvalue weighted by molar-refractivity contribution is 7.16. The lowest BCUT2D eigenvalue weighted by molar-refractivity contribution is 0.0591. The Labute approximate surface area is 157 Å². The van der Waals surface area contributed by atoms with Crippen LogP contribution in [0.2, 0.25) is 0 Å². The third-order valence-corrected chi connectivity index (χ3v) is 5.25. The van der Waals surface area contributed by atoms with Crippen LogP contribution in [-0.4, -0.2) is 42.7 Å². The summed E-state index contributed by atoms with van der Waals surface area (Å²) in [5.41, 5.74) is 1.42. The van der Waals surface area contributed by atoms with Crippen LogP contribution in [0.15, 0.2) is 42.9 Å². The van der Waals surface area contributed by atoms with Crippen LogP contribution in [0.1, 0.15) is 49.0 Å². The first-order valence-electron chi connectivity index (χ1n) is 7.96. The van der Waals surface area contributed by atoms with Crippen LogP contribution in [0.5, 0.6) is 0 Å². The van der Waals surface area contributed by atoms with E-state index in [1.807, 2.05) is 0 Å². The summed E-state index contributed by atoms with van der Waals surface area (Å²) in [6.07, 6.45) is 4.16. The van der Waals surface area contributed by atoms with E-state index < -0.39 is 23.8 Å². The molecule has 27 heavy (non-hydrogen) atoms. The number of imide groups is 1. The van der Waals surface area contributed by atoms with Crippen molar-refractivity contribution < 1.29 is 19.5 Å². The van der Waals surface area contributed by atoms with Crippen LogP contribution in [0.3, 0.4) is 0 Å². The SMILES string of the molecule is CC(c1nccnc1-c1ncc(C(=O)O)s1)N1C(=O)c2ccccc2C1=O. The fraction of sp³-hybridized carbons (Fsp3) is 0.111. The Morgan fingerprint density at radius 3 is 2.30 bits per heavy atom. The topological polar surface area (TPSA) is 113 Å². The second kappa shape index (κ2) is 6.36. The van der Waals surface area contributed by atoms with Crippen molar-refractivity contribution in [2.45, 2.75) is 13.0 Å². The van der Waals surface area contributed by atoms with Gasteiger partial charge in [0.1, 0.15) is 15.6 Å². The van der Waals surface area contributed by atoms with Gasteiger partial charge in [-0.2, -0.15) is 0 Å².